The number of halogens is 1. The summed E-state index contributed by atoms with van der Waals surface area (Å²) in [5, 5.41) is 3.38. The first-order valence-corrected chi connectivity index (χ1v) is 12.3. The zero-order valence-corrected chi connectivity index (χ0v) is 19.0. The minimum Gasteiger partial charge on any atom is -0.406 e. The van der Waals surface area contributed by atoms with Gasteiger partial charge in [0, 0.05) is 17.5 Å². The number of aromatic nitrogens is 2. The van der Waals surface area contributed by atoms with Gasteiger partial charge in [-0.1, -0.05) is 35.1 Å². The van der Waals surface area contributed by atoms with Crippen LogP contribution in [0, 0.1) is 0 Å². The number of amides is 1. The van der Waals surface area contributed by atoms with Crippen molar-refractivity contribution in [3.8, 4) is 0 Å². The van der Waals surface area contributed by atoms with Crippen molar-refractivity contribution < 1.29 is 18.0 Å². The Morgan fingerprint density at radius 1 is 1.19 bits per heavy atom. The van der Waals surface area contributed by atoms with Crippen LogP contribution >= 0.6 is 22.9 Å². The molecule has 0 bridgehead atoms. The van der Waals surface area contributed by atoms with Crippen LogP contribution in [0.25, 0.3) is 10.2 Å². The van der Waals surface area contributed by atoms with Gasteiger partial charge in [-0.3, -0.25) is 14.9 Å². The van der Waals surface area contributed by atoms with Crippen molar-refractivity contribution in [3.63, 3.8) is 0 Å². The fourth-order valence-corrected chi connectivity index (χ4v) is 4.71. The topological polar surface area (TPSA) is 107 Å². The van der Waals surface area contributed by atoms with Crippen molar-refractivity contribution in [2.75, 3.05) is 11.6 Å². The summed E-state index contributed by atoms with van der Waals surface area (Å²) in [6.45, 7) is 0.0894. The highest BCUT2D eigenvalue weighted by Crippen LogP contribution is 2.28. The van der Waals surface area contributed by atoms with Gasteiger partial charge < -0.3 is 4.84 Å². The quantitative estimate of drug-likeness (QED) is 0.445. The third-order valence-electron chi connectivity index (χ3n) is 4.43. The SMILES string of the molecule is CS(=O)(=O)c1ccc2nc(NC(=O)c3cccn(OCc4cccc(Cl)c4)c3=O)sc2c1. The van der Waals surface area contributed by atoms with Gasteiger partial charge in [-0.15, -0.1) is 0 Å². The largest absolute Gasteiger partial charge is 0.406 e. The van der Waals surface area contributed by atoms with Crippen molar-refractivity contribution in [2.24, 2.45) is 0 Å². The number of carbonyl (C=O) groups excluding carboxylic acids is 1. The number of carbonyl (C=O) groups is 1. The van der Waals surface area contributed by atoms with Crippen molar-refractivity contribution in [1.82, 2.24) is 9.71 Å². The Bertz CT molecular complexity index is 1490. The van der Waals surface area contributed by atoms with Crippen LogP contribution in [-0.2, 0) is 16.4 Å². The Hall–Kier alpha value is -3.21. The van der Waals surface area contributed by atoms with Gasteiger partial charge in [0.15, 0.2) is 15.0 Å². The molecule has 2 aromatic heterocycles. The molecule has 0 aliphatic carbocycles. The molecule has 0 atom stereocenters. The highest BCUT2D eigenvalue weighted by atomic mass is 35.5. The molecule has 4 rings (SSSR count). The summed E-state index contributed by atoms with van der Waals surface area (Å²) in [6, 6.07) is 14.4. The van der Waals surface area contributed by atoms with Gasteiger partial charge in [-0.2, -0.15) is 4.73 Å². The maximum absolute atomic E-state index is 12.7. The summed E-state index contributed by atoms with van der Waals surface area (Å²) >= 11 is 7.06. The van der Waals surface area contributed by atoms with Crippen LogP contribution in [0.1, 0.15) is 15.9 Å². The van der Waals surface area contributed by atoms with Gasteiger partial charge >= 0.3 is 0 Å². The molecule has 8 nitrogen and oxygen atoms in total. The molecule has 2 heterocycles. The first kappa shape index (κ1) is 22.0. The molecule has 1 amide bonds. The fraction of sp³-hybridized carbons (Fsp3) is 0.0952. The van der Waals surface area contributed by atoms with E-state index < -0.39 is 21.3 Å². The van der Waals surface area contributed by atoms with Crippen molar-refractivity contribution in [1.29, 1.82) is 0 Å². The molecule has 0 fully saturated rings. The fourth-order valence-electron chi connectivity index (χ4n) is 2.87. The number of pyridine rings is 1. The van der Waals surface area contributed by atoms with E-state index in [9.17, 15) is 18.0 Å². The molecule has 0 unspecified atom stereocenters. The Balaban J connectivity index is 1.53. The summed E-state index contributed by atoms with van der Waals surface area (Å²) in [6.07, 6.45) is 2.53. The molecule has 4 aromatic rings. The third-order valence-corrected chi connectivity index (χ3v) is 6.71. The number of hydrogen-bond donors (Lipinski definition) is 1. The average Bonchev–Trinajstić information content (AvgIpc) is 3.13. The maximum atomic E-state index is 12.7. The number of fused-ring (bicyclic) bond motifs is 1. The highest BCUT2D eigenvalue weighted by Gasteiger charge is 2.16. The van der Waals surface area contributed by atoms with Crippen LogP contribution in [0.5, 0.6) is 0 Å². The van der Waals surface area contributed by atoms with Crippen molar-refractivity contribution in [3.05, 3.63) is 87.3 Å². The lowest BCUT2D eigenvalue weighted by molar-refractivity contribution is 0.0863. The number of nitrogens with zero attached hydrogens (tertiary/aromatic N) is 2. The Morgan fingerprint density at radius 3 is 2.75 bits per heavy atom. The minimum atomic E-state index is -3.36. The highest BCUT2D eigenvalue weighted by molar-refractivity contribution is 7.90. The smallest absolute Gasteiger partial charge is 0.295 e. The molecule has 0 aliphatic heterocycles. The zero-order valence-electron chi connectivity index (χ0n) is 16.6. The summed E-state index contributed by atoms with van der Waals surface area (Å²) < 4.78 is 25.0. The van der Waals surface area contributed by atoms with E-state index in [4.69, 9.17) is 16.4 Å². The minimum absolute atomic E-state index is 0.0894. The second-order valence-corrected chi connectivity index (χ2v) is 10.3. The first-order chi connectivity index (χ1) is 15.2. The molecular weight excluding hydrogens is 474 g/mol. The van der Waals surface area contributed by atoms with Gasteiger partial charge in [0.25, 0.3) is 11.5 Å². The van der Waals surface area contributed by atoms with Gasteiger partial charge in [0.05, 0.1) is 15.1 Å². The monoisotopic (exact) mass is 489 g/mol. The van der Waals surface area contributed by atoms with Crippen LogP contribution in [0.15, 0.2) is 70.5 Å². The summed E-state index contributed by atoms with van der Waals surface area (Å²) in [7, 11) is -3.36. The van der Waals surface area contributed by atoms with E-state index in [1.54, 1.807) is 30.3 Å². The van der Waals surface area contributed by atoms with Gasteiger partial charge in [0.2, 0.25) is 0 Å². The molecule has 11 heteroatoms. The van der Waals surface area contributed by atoms with E-state index in [1.807, 2.05) is 0 Å². The molecule has 1 N–H and O–H groups in total. The van der Waals surface area contributed by atoms with Crippen molar-refractivity contribution in [2.45, 2.75) is 11.5 Å². The van der Waals surface area contributed by atoms with E-state index in [1.165, 1.54) is 30.5 Å². The lowest BCUT2D eigenvalue weighted by Crippen LogP contribution is -2.32. The summed E-state index contributed by atoms with van der Waals surface area (Å²) in [4.78, 5) is 35.3. The number of anilines is 1. The van der Waals surface area contributed by atoms with Crippen LogP contribution < -0.4 is 15.7 Å². The van der Waals surface area contributed by atoms with Crippen LogP contribution in [0.3, 0.4) is 0 Å². The van der Waals surface area contributed by atoms with Crippen LogP contribution in [-0.4, -0.2) is 30.3 Å². The number of hydrogen-bond acceptors (Lipinski definition) is 7. The predicted molar refractivity (Wildman–Crippen MR) is 123 cm³/mol. The summed E-state index contributed by atoms with van der Waals surface area (Å²) in [5.74, 6) is -0.655. The Morgan fingerprint density at radius 2 is 2.00 bits per heavy atom. The van der Waals surface area contributed by atoms with Gasteiger partial charge in [0.1, 0.15) is 12.2 Å². The predicted octanol–water partition coefficient (Wildman–Crippen LogP) is 3.40. The molecular formula is C21H16ClN3O5S2. The van der Waals surface area contributed by atoms with E-state index >= 15 is 0 Å². The first-order valence-electron chi connectivity index (χ1n) is 9.22. The molecule has 32 heavy (non-hydrogen) atoms. The Labute approximate surface area is 191 Å². The molecule has 0 saturated carbocycles. The number of sulfone groups is 1. The molecule has 0 saturated heterocycles. The van der Waals surface area contributed by atoms with Crippen LogP contribution in [0.2, 0.25) is 5.02 Å². The van der Waals surface area contributed by atoms with Gasteiger partial charge in [-0.25, -0.2) is 13.4 Å². The normalized spacial score (nSPS) is 11.4. The molecule has 0 radical (unpaired) electrons. The molecule has 164 valence electrons. The second-order valence-electron chi connectivity index (χ2n) is 6.83. The lowest BCUT2D eigenvalue weighted by Gasteiger charge is -2.10. The number of rotatable bonds is 6. The lowest BCUT2D eigenvalue weighted by atomic mass is 10.2. The van der Waals surface area contributed by atoms with E-state index in [2.05, 4.69) is 10.3 Å². The third kappa shape index (κ3) is 4.82. The second kappa shape index (κ2) is 8.73. The molecule has 0 spiro atoms. The number of benzene rings is 2. The maximum Gasteiger partial charge on any atom is 0.295 e. The Kier molecular flexibility index (Phi) is 6.00. The summed E-state index contributed by atoms with van der Waals surface area (Å²) in [5.41, 5.74) is 0.539. The number of nitrogens with one attached hydrogen (secondary N) is 1. The van der Waals surface area contributed by atoms with E-state index in [0.717, 1.165) is 27.9 Å². The van der Waals surface area contributed by atoms with Crippen LogP contribution in [0.4, 0.5) is 5.13 Å². The standard InChI is InChI=1S/C21H16ClN3O5S2/c1-32(28,29)15-7-8-17-18(11-15)31-21(23-17)24-19(26)16-6-3-9-25(20(16)27)30-12-13-4-2-5-14(22)10-13/h2-11H,12H2,1H3,(H,23,24,26). The van der Waals surface area contributed by atoms with Gasteiger partial charge in [-0.05, 0) is 48.0 Å². The molecule has 2 aromatic carbocycles. The molecule has 0 aliphatic rings. The average molecular weight is 490 g/mol. The van der Waals surface area contributed by atoms with E-state index in [-0.39, 0.29) is 22.2 Å². The van der Waals surface area contributed by atoms with E-state index in [0.29, 0.717) is 15.2 Å². The van der Waals surface area contributed by atoms with Crippen molar-refractivity contribution >= 4 is 54.0 Å². The number of thiazole rings is 1. The zero-order chi connectivity index (χ0) is 22.9.